The quantitative estimate of drug-likeness (QED) is 0.650. The first-order valence-electron chi connectivity index (χ1n) is 8.66. The number of carbonyl (C=O) groups is 1. The highest BCUT2D eigenvalue weighted by atomic mass is 16.5. The van der Waals surface area contributed by atoms with Gasteiger partial charge in [0.25, 0.3) is 5.91 Å². The number of nitriles is 1. The number of aryl methyl sites for hydroxylation is 1. The molecular weight excluding hydrogens is 342 g/mol. The topological polar surface area (TPSA) is 74.6 Å². The van der Waals surface area contributed by atoms with Gasteiger partial charge in [-0.15, -0.1) is 0 Å². The van der Waals surface area contributed by atoms with Crippen molar-refractivity contribution in [2.75, 3.05) is 31.0 Å². The average Bonchev–Trinajstić information content (AvgIpc) is 2.73. The molecule has 0 aromatic heterocycles. The molecule has 0 unspecified atom stereocenters. The van der Waals surface area contributed by atoms with Crippen molar-refractivity contribution < 1.29 is 14.3 Å². The van der Waals surface area contributed by atoms with Gasteiger partial charge in [-0.2, -0.15) is 5.26 Å². The Morgan fingerprint density at radius 3 is 2.70 bits per heavy atom. The Morgan fingerprint density at radius 2 is 1.96 bits per heavy atom. The van der Waals surface area contributed by atoms with Crippen molar-refractivity contribution in [2.24, 2.45) is 0 Å². The first kappa shape index (κ1) is 18.3. The Kier molecular flexibility index (Phi) is 5.62. The molecule has 1 aliphatic rings. The second-order valence-electron chi connectivity index (χ2n) is 6.07. The molecule has 138 valence electrons. The van der Waals surface area contributed by atoms with Gasteiger partial charge in [0.15, 0.2) is 11.5 Å². The number of nitrogens with zero attached hydrogens (tertiary/aromatic N) is 2. The maximum atomic E-state index is 12.9. The maximum Gasteiger partial charge on any atom is 0.270 e. The highest BCUT2D eigenvalue weighted by Crippen LogP contribution is 2.30. The maximum absolute atomic E-state index is 12.9. The summed E-state index contributed by atoms with van der Waals surface area (Å²) in [5, 5.41) is 12.5. The Labute approximate surface area is 158 Å². The van der Waals surface area contributed by atoms with E-state index in [9.17, 15) is 10.1 Å². The molecule has 0 saturated heterocycles. The number of benzene rings is 2. The normalized spacial score (nSPS) is 13.4. The highest BCUT2D eigenvalue weighted by molar-refractivity contribution is 6.09. The fourth-order valence-electron chi connectivity index (χ4n) is 3.11. The van der Waals surface area contributed by atoms with Crippen LogP contribution in [0.1, 0.15) is 12.0 Å². The average molecular weight is 363 g/mol. The van der Waals surface area contributed by atoms with Crippen LogP contribution in [0, 0.1) is 11.3 Å². The van der Waals surface area contributed by atoms with E-state index in [0.717, 1.165) is 24.1 Å². The van der Waals surface area contributed by atoms with E-state index in [2.05, 4.69) is 5.32 Å². The van der Waals surface area contributed by atoms with Gasteiger partial charge in [0.05, 0.1) is 14.2 Å². The van der Waals surface area contributed by atoms with Crippen LogP contribution in [0.3, 0.4) is 0 Å². The first-order chi connectivity index (χ1) is 13.2. The van der Waals surface area contributed by atoms with Gasteiger partial charge < -0.3 is 19.7 Å². The Hall–Kier alpha value is -3.46. The number of ether oxygens (including phenoxy) is 2. The van der Waals surface area contributed by atoms with Crippen LogP contribution in [-0.4, -0.2) is 26.7 Å². The van der Waals surface area contributed by atoms with Gasteiger partial charge in [-0.3, -0.25) is 4.79 Å². The molecular formula is C21H21N3O3. The summed E-state index contributed by atoms with van der Waals surface area (Å²) in [4.78, 5) is 14.6. The van der Waals surface area contributed by atoms with Crippen LogP contribution in [0.2, 0.25) is 0 Å². The number of para-hydroxylation sites is 1. The molecule has 0 atom stereocenters. The SMILES string of the molecule is COc1ccc(N/C=C(/C#N)C(=O)N2CCCc3ccccc32)cc1OC. The third-order valence-corrected chi connectivity index (χ3v) is 4.47. The largest absolute Gasteiger partial charge is 0.493 e. The molecule has 0 spiro atoms. The van der Waals surface area contributed by atoms with E-state index in [1.165, 1.54) is 6.20 Å². The predicted molar refractivity (Wildman–Crippen MR) is 104 cm³/mol. The number of methoxy groups -OCH3 is 2. The highest BCUT2D eigenvalue weighted by Gasteiger charge is 2.24. The molecule has 0 saturated carbocycles. The summed E-state index contributed by atoms with van der Waals surface area (Å²) in [6.07, 6.45) is 3.25. The first-order valence-corrected chi connectivity index (χ1v) is 8.66. The molecule has 0 radical (unpaired) electrons. The predicted octanol–water partition coefficient (Wildman–Crippen LogP) is 3.50. The molecule has 0 bridgehead atoms. The minimum Gasteiger partial charge on any atom is -0.493 e. The summed E-state index contributed by atoms with van der Waals surface area (Å²) in [5.41, 5.74) is 2.73. The Morgan fingerprint density at radius 1 is 1.19 bits per heavy atom. The number of amides is 1. The second kappa shape index (κ2) is 8.28. The summed E-state index contributed by atoms with van der Waals surface area (Å²) in [7, 11) is 3.11. The second-order valence-corrected chi connectivity index (χ2v) is 6.07. The van der Waals surface area contributed by atoms with Crippen LogP contribution in [0.5, 0.6) is 11.5 Å². The van der Waals surface area contributed by atoms with E-state index in [1.807, 2.05) is 30.3 Å². The zero-order valence-electron chi connectivity index (χ0n) is 15.4. The summed E-state index contributed by atoms with van der Waals surface area (Å²) < 4.78 is 10.5. The third-order valence-electron chi connectivity index (χ3n) is 4.47. The van der Waals surface area contributed by atoms with Crippen molar-refractivity contribution in [3.8, 4) is 17.6 Å². The van der Waals surface area contributed by atoms with E-state index < -0.39 is 0 Å². The van der Waals surface area contributed by atoms with Crippen LogP contribution in [0.25, 0.3) is 0 Å². The summed E-state index contributed by atoms with van der Waals surface area (Å²) >= 11 is 0. The molecule has 3 rings (SSSR count). The van der Waals surface area contributed by atoms with Crippen LogP contribution in [0.15, 0.2) is 54.2 Å². The number of carbonyl (C=O) groups excluding carboxylic acids is 1. The lowest BCUT2D eigenvalue weighted by Crippen LogP contribution is -2.36. The lowest BCUT2D eigenvalue weighted by molar-refractivity contribution is -0.114. The van der Waals surface area contributed by atoms with Crippen LogP contribution in [-0.2, 0) is 11.2 Å². The molecule has 2 aromatic rings. The van der Waals surface area contributed by atoms with Gasteiger partial charge in [-0.1, -0.05) is 18.2 Å². The lowest BCUT2D eigenvalue weighted by atomic mass is 10.0. The van der Waals surface area contributed by atoms with Crippen molar-refractivity contribution >= 4 is 17.3 Å². The van der Waals surface area contributed by atoms with Crippen LogP contribution in [0.4, 0.5) is 11.4 Å². The standard InChI is InChI=1S/C21H21N3O3/c1-26-19-10-9-17(12-20(19)27-2)23-14-16(13-22)21(25)24-11-5-7-15-6-3-4-8-18(15)24/h3-4,6,8-10,12,14,23H,5,7,11H2,1-2H3/b16-14-. The van der Waals surface area contributed by atoms with E-state index >= 15 is 0 Å². The molecule has 27 heavy (non-hydrogen) atoms. The molecule has 1 amide bonds. The zero-order chi connectivity index (χ0) is 19.2. The number of nitrogens with one attached hydrogen (secondary N) is 1. The van der Waals surface area contributed by atoms with Crippen molar-refractivity contribution in [1.29, 1.82) is 5.26 Å². The van der Waals surface area contributed by atoms with Crippen molar-refractivity contribution in [3.05, 3.63) is 59.8 Å². The fourth-order valence-corrected chi connectivity index (χ4v) is 3.11. The summed E-state index contributed by atoms with van der Waals surface area (Å²) in [5.74, 6) is 0.858. The minimum atomic E-state index is -0.308. The smallest absolute Gasteiger partial charge is 0.270 e. The molecule has 0 aliphatic carbocycles. The van der Waals surface area contributed by atoms with Crippen LogP contribution < -0.4 is 19.7 Å². The molecule has 1 N–H and O–H groups in total. The Balaban J connectivity index is 1.81. The van der Waals surface area contributed by atoms with Gasteiger partial charge in [-0.25, -0.2) is 0 Å². The van der Waals surface area contributed by atoms with Crippen molar-refractivity contribution in [2.45, 2.75) is 12.8 Å². The number of hydrogen-bond donors (Lipinski definition) is 1. The van der Waals surface area contributed by atoms with Gasteiger partial charge in [0.1, 0.15) is 11.6 Å². The van der Waals surface area contributed by atoms with Gasteiger partial charge >= 0.3 is 0 Å². The number of rotatable bonds is 5. The fraction of sp³-hybridized carbons (Fsp3) is 0.238. The molecule has 2 aromatic carbocycles. The molecule has 6 nitrogen and oxygen atoms in total. The molecule has 1 heterocycles. The lowest BCUT2D eigenvalue weighted by Gasteiger charge is -2.29. The van der Waals surface area contributed by atoms with Gasteiger partial charge in [0, 0.05) is 30.2 Å². The minimum absolute atomic E-state index is 0.0430. The van der Waals surface area contributed by atoms with E-state index in [0.29, 0.717) is 23.7 Å². The summed E-state index contributed by atoms with van der Waals surface area (Å²) in [6, 6.07) is 15.1. The summed E-state index contributed by atoms with van der Waals surface area (Å²) in [6.45, 7) is 0.602. The molecule has 1 aliphatic heterocycles. The van der Waals surface area contributed by atoms with Gasteiger partial charge in [-0.05, 0) is 36.6 Å². The van der Waals surface area contributed by atoms with Crippen molar-refractivity contribution in [3.63, 3.8) is 0 Å². The number of anilines is 2. The number of hydrogen-bond acceptors (Lipinski definition) is 5. The molecule has 0 fully saturated rings. The van der Waals surface area contributed by atoms with Crippen molar-refractivity contribution in [1.82, 2.24) is 0 Å². The van der Waals surface area contributed by atoms with E-state index in [1.54, 1.807) is 37.3 Å². The number of fused-ring (bicyclic) bond motifs is 1. The van der Waals surface area contributed by atoms with Crippen LogP contribution >= 0.6 is 0 Å². The van der Waals surface area contributed by atoms with E-state index in [4.69, 9.17) is 9.47 Å². The monoisotopic (exact) mass is 363 g/mol. The Bertz CT molecular complexity index is 915. The molecule has 6 heteroatoms. The van der Waals surface area contributed by atoms with E-state index in [-0.39, 0.29) is 11.5 Å². The zero-order valence-corrected chi connectivity index (χ0v) is 15.4. The van der Waals surface area contributed by atoms with Gasteiger partial charge in [0.2, 0.25) is 0 Å². The third kappa shape index (κ3) is 3.87.